The van der Waals surface area contributed by atoms with E-state index < -0.39 is 5.91 Å². The number of ether oxygens (including phenoxy) is 3. The Hall–Kier alpha value is -3.46. The quantitative estimate of drug-likeness (QED) is 0.691. The fraction of sp³-hybridized carbons (Fsp3) is 0.111. The van der Waals surface area contributed by atoms with Gasteiger partial charge in [-0.15, -0.1) is 0 Å². The van der Waals surface area contributed by atoms with Gasteiger partial charge >= 0.3 is 0 Å². The third kappa shape index (κ3) is 3.15. The summed E-state index contributed by atoms with van der Waals surface area (Å²) in [6.45, 7) is 0.157. The highest BCUT2D eigenvalue weighted by Crippen LogP contribution is 2.34. The van der Waals surface area contributed by atoms with Gasteiger partial charge in [-0.05, 0) is 24.3 Å². The third-order valence-electron chi connectivity index (χ3n) is 3.43. The summed E-state index contributed by atoms with van der Waals surface area (Å²) in [5, 5.41) is 12.0. The molecular weight excluding hydrogens is 308 g/mol. The Bertz CT molecular complexity index is 852. The van der Waals surface area contributed by atoms with Gasteiger partial charge in [0.15, 0.2) is 11.5 Å². The maximum Gasteiger partial charge on any atom is 0.266 e. The first kappa shape index (κ1) is 15.4. The molecule has 0 radical (unpaired) electrons. The Kier molecular flexibility index (Phi) is 4.34. The van der Waals surface area contributed by atoms with E-state index in [9.17, 15) is 10.1 Å². The summed E-state index contributed by atoms with van der Waals surface area (Å²) in [6.07, 6.45) is 1.49. The third-order valence-corrected chi connectivity index (χ3v) is 3.43. The SMILES string of the molecule is COc1ccccc1/C=C(\C#N)C(=O)Nc1ccc2c(c1)OCO2. The minimum atomic E-state index is -0.512. The van der Waals surface area contributed by atoms with Gasteiger partial charge in [0.1, 0.15) is 17.4 Å². The van der Waals surface area contributed by atoms with Gasteiger partial charge in [-0.1, -0.05) is 18.2 Å². The highest BCUT2D eigenvalue weighted by atomic mass is 16.7. The van der Waals surface area contributed by atoms with Crippen molar-refractivity contribution in [3.05, 3.63) is 53.6 Å². The average molecular weight is 322 g/mol. The Morgan fingerprint density at radius 1 is 1.25 bits per heavy atom. The lowest BCUT2D eigenvalue weighted by Gasteiger charge is -2.07. The summed E-state index contributed by atoms with van der Waals surface area (Å²) in [6, 6.07) is 14.1. The molecule has 24 heavy (non-hydrogen) atoms. The van der Waals surface area contributed by atoms with Crippen LogP contribution >= 0.6 is 0 Å². The number of amides is 1. The van der Waals surface area contributed by atoms with Gasteiger partial charge in [-0.25, -0.2) is 0 Å². The lowest BCUT2D eigenvalue weighted by atomic mass is 10.1. The molecule has 0 saturated carbocycles. The van der Waals surface area contributed by atoms with Crippen LogP contribution in [0.3, 0.4) is 0 Å². The van der Waals surface area contributed by atoms with E-state index in [1.807, 2.05) is 12.1 Å². The van der Waals surface area contributed by atoms with Gasteiger partial charge in [-0.2, -0.15) is 5.26 Å². The van der Waals surface area contributed by atoms with Gasteiger partial charge in [-0.3, -0.25) is 4.79 Å². The molecule has 0 atom stereocenters. The van der Waals surface area contributed by atoms with Gasteiger partial charge in [0.05, 0.1) is 7.11 Å². The molecule has 1 aliphatic rings. The topological polar surface area (TPSA) is 80.6 Å². The molecule has 0 spiro atoms. The van der Waals surface area contributed by atoms with Crippen LogP contribution in [0.2, 0.25) is 0 Å². The van der Waals surface area contributed by atoms with Crippen molar-refractivity contribution in [3.63, 3.8) is 0 Å². The van der Waals surface area contributed by atoms with Crippen molar-refractivity contribution in [2.24, 2.45) is 0 Å². The first-order valence-corrected chi connectivity index (χ1v) is 7.17. The predicted octanol–water partition coefficient (Wildman–Crippen LogP) is 2.97. The first-order chi connectivity index (χ1) is 11.7. The molecule has 1 heterocycles. The molecule has 0 saturated heterocycles. The van der Waals surface area contributed by atoms with Crippen LogP contribution in [-0.2, 0) is 4.79 Å². The Balaban J connectivity index is 1.82. The monoisotopic (exact) mass is 322 g/mol. The number of para-hydroxylation sites is 1. The molecule has 6 nitrogen and oxygen atoms in total. The molecule has 1 amide bonds. The maximum atomic E-state index is 12.3. The van der Waals surface area contributed by atoms with Crippen molar-refractivity contribution < 1.29 is 19.0 Å². The molecule has 0 unspecified atom stereocenters. The zero-order chi connectivity index (χ0) is 16.9. The number of fused-ring (bicyclic) bond motifs is 1. The van der Waals surface area contributed by atoms with E-state index >= 15 is 0 Å². The first-order valence-electron chi connectivity index (χ1n) is 7.17. The van der Waals surface area contributed by atoms with Crippen molar-refractivity contribution >= 4 is 17.7 Å². The number of methoxy groups -OCH3 is 1. The number of hydrogen-bond acceptors (Lipinski definition) is 5. The molecule has 0 fully saturated rings. The maximum absolute atomic E-state index is 12.3. The molecule has 2 aromatic rings. The summed E-state index contributed by atoms with van der Waals surface area (Å²) in [4.78, 5) is 12.3. The molecule has 1 aliphatic heterocycles. The van der Waals surface area contributed by atoms with E-state index in [1.165, 1.54) is 13.2 Å². The summed E-state index contributed by atoms with van der Waals surface area (Å²) in [5.41, 5.74) is 1.14. The van der Waals surface area contributed by atoms with Crippen LogP contribution in [0.25, 0.3) is 6.08 Å². The van der Waals surface area contributed by atoms with Crippen LogP contribution in [0.5, 0.6) is 17.2 Å². The summed E-state index contributed by atoms with van der Waals surface area (Å²) in [5.74, 6) is 1.25. The zero-order valence-electron chi connectivity index (χ0n) is 12.9. The van der Waals surface area contributed by atoms with Crippen molar-refractivity contribution in [1.29, 1.82) is 5.26 Å². The predicted molar refractivity (Wildman–Crippen MR) is 87.8 cm³/mol. The molecule has 0 bridgehead atoms. The molecule has 2 aromatic carbocycles. The Morgan fingerprint density at radius 3 is 2.83 bits per heavy atom. The second-order valence-electron chi connectivity index (χ2n) is 4.93. The number of anilines is 1. The van der Waals surface area contributed by atoms with Crippen molar-refractivity contribution in [2.45, 2.75) is 0 Å². The molecule has 1 N–H and O–H groups in total. The lowest BCUT2D eigenvalue weighted by molar-refractivity contribution is -0.112. The Labute approximate surface area is 138 Å². The van der Waals surface area contributed by atoms with Crippen LogP contribution in [0.4, 0.5) is 5.69 Å². The number of benzene rings is 2. The largest absolute Gasteiger partial charge is 0.496 e. The normalized spacial score (nSPS) is 12.4. The van der Waals surface area contributed by atoms with Gasteiger partial charge in [0.25, 0.3) is 5.91 Å². The van der Waals surface area contributed by atoms with E-state index in [0.29, 0.717) is 28.5 Å². The second-order valence-corrected chi connectivity index (χ2v) is 4.93. The highest BCUT2D eigenvalue weighted by Gasteiger charge is 2.16. The molecule has 3 rings (SSSR count). The number of nitriles is 1. The fourth-order valence-electron chi connectivity index (χ4n) is 2.26. The second kappa shape index (κ2) is 6.75. The minimum absolute atomic E-state index is 0.0304. The number of rotatable bonds is 4. The van der Waals surface area contributed by atoms with E-state index in [-0.39, 0.29) is 12.4 Å². The van der Waals surface area contributed by atoms with E-state index in [4.69, 9.17) is 14.2 Å². The van der Waals surface area contributed by atoms with Crippen LogP contribution in [0, 0.1) is 11.3 Å². The number of hydrogen-bond donors (Lipinski definition) is 1. The van der Waals surface area contributed by atoms with Crippen LogP contribution < -0.4 is 19.5 Å². The molecule has 0 aromatic heterocycles. The zero-order valence-corrected chi connectivity index (χ0v) is 12.9. The standard InChI is InChI=1S/C18H14N2O4/c1-22-15-5-3-2-4-12(15)8-13(10-19)18(21)20-14-6-7-16-17(9-14)24-11-23-16/h2-9H,11H2,1H3,(H,20,21)/b13-8+. The van der Waals surface area contributed by atoms with Crippen LogP contribution in [0.15, 0.2) is 48.0 Å². The van der Waals surface area contributed by atoms with Crippen molar-refractivity contribution in [1.82, 2.24) is 0 Å². The van der Waals surface area contributed by atoms with Crippen LogP contribution in [-0.4, -0.2) is 19.8 Å². The summed E-state index contributed by atoms with van der Waals surface area (Å²) >= 11 is 0. The van der Waals surface area contributed by atoms with E-state index in [2.05, 4.69) is 5.32 Å². The number of nitrogens with zero attached hydrogens (tertiary/aromatic N) is 1. The average Bonchev–Trinajstić information content (AvgIpc) is 3.07. The van der Waals surface area contributed by atoms with Gasteiger partial charge in [0, 0.05) is 17.3 Å². The van der Waals surface area contributed by atoms with Crippen LogP contribution in [0.1, 0.15) is 5.56 Å². The number of carbonyl (C=O) groups excluding carboxylic acids is 1. The van der Waals surface area contributed by atoms with Crippen molar-refractivity contribution in [3.8, 4) is 23.3 Å². The van der Waals surface area contributed by atoms with Crippen molar-refractivity contribution in [2.75, 3.05) is 19.2 Å². The summed E-state index contributed by atoms with van der Waals surface area (Å²) in [7, 11) is 1.53. The number of nitrogens with one attached hydrogen (secondary N) is 1. The summed E-state index contributed by atoms with van der Waals surface area (Å²) < 4.78 is 15.7. The van der Waals surface area contributed by atoms with E-state index in [1.54, 1.807) is 36.4 Å². The minimum Gasteiger partial charge on any atom is -0.496 e. The highest BCUT2D eigenvalue weighted by molar-refractivity contribution is 6.09. The van der Waals surface area contributed by atoms with E-state index in [0.717, 1.165) is 0 Å². The molecule has 0 aliphatic carbocycles. The van der Waals surface area contributed by atoms with Gasteiger partial charge < -0.3 is 19.5 Å². The molecular formula is C18H14N2O4. The fourth-order valence-corrected chi connectivity index (χ4v) is 2.26. The molecule has 6 heteroatoms. The smallest absolute Gasteiger partial charge is 0.266 e. The van der Waals surface area contributed by atoms with Gasteiger partial charge in [0.2, 0.25) is 6.79 Å². The lowest BCUT2D eigenvalue weighted by Crippen LogP contribution is -2.13. The number of carbonyl (C=O) groups is 1. The Morgan fingerprint density at radius 2 is 2.04 bits per heavy atom. The molecule has 120 valence electrons.